The summed E-state index contributed by atoms with van der Waals surface area (Å²) in [7, 11) is -1.18. The Morgan fingerprint density at radius 2 is 1.54 bits per heavy atom. The number of carbonyl (C=O) groups excluding carboxylic acids is 1. The molecule has 0 saturated carbocycles. The Morgan fingerprint density at radius 1 is 0.914 bits per heavy atom. The van der Waals surface area contributed by atoms with Gasteiger partial charge in [-0.15, -0.1) is 0 Å². The molecule has 35 heavy (non-hydrogen) atoms. The molecule has 0 heterocycles. The quantitative estimate of drug-likeness (QED) is 0.451. The van der Waals surface area contributed by atoms with E-state index < -0.39 is 21.5 Å². The minimum absolute atomic E-state index is 0.00734. The second-order valence-electron chi connectivity index (χ2n) is 8.96. The molecule has 3 rings (SSSR count). The molecule has 0 aliphatic rings. The van der Waals surface area contributed by atoms with Crippen molar-refractivity contribution in [2.24, 2.45) is 0 Å². The smallest absolute Gasteiger partial charge is 0.264 e. The Hall–Kier alpha value is -3.52. The number of ether oxygens (including phenoxy) is 2. The molecule has 0 bridgehead atoms. The van der Waals surface area contributed by atoms with E-state index in [4.69, 9.17) is 9.47 Å². The molecule has 3 aromatic carbocycles. The number of methoxy groups -OCH3 is 2. The summed E-state index contributed by atoms with van der Waals surface area (Å²) >= 11 is 0. The van der Waals surface area contributed by atoms with E-state index in [1.54, 1.807) is 12.1 Å². The van der Waals surface area contributed by atoms with E-state index in [-0.39, 0.29) is 17.2 Å². The van der Waals surface area contributed by atoms with Crippen molar-refractivity contribution in [2.75, 3.05) is 25.1 Å². The number of rotatable bonds is 10. The number of anilines is 1. The summed E-state index contributed by atoms with van der Waals surface area (Å²) in [6.07, 6.45) is 0.604. The van der Waals surface area contributed by atoms with E-state index in [1.165, 1.54) is 32.4 Å². The van der Waals surface area contributed by atoms with Crippen molar-refractivity contribution in [3.63, 3.8) is 0 Å². The molecule has 1 amide bonds. The van der Waals surface area contributed by atoms with Crippen LogP contribution < -0.4 is 19.1 Å². The summed E-state index contributed by atoms with van der Waals surface area (Å²) in [5.41, 5.74) is 1.86. The third-order valence-electron chi connectivity index (χ3n) is 5.52. The maximum atomic E-state index is 13.7. The predicted molar refractivity (Wildman–Crippen MR) is 138 cm³/mol. The number of nitrogens with one attached hydrogen (secondary N) is 1. The van der Waals surface area contributed by atoms with Crippen LogP contribution in [0.3, 0.4) is 0 Å². The number of hydrogen-bond donors (Lipinski definition) is 1. The number of nitrogens with zero attached hydrogens (tertiary/aromatic N) is 1. The molecular weight excluding hydrogens is 464 g/mol. The van der Waals surface area contributed by atoms with Crippen LogP contribution in [-0.2, 0) is 21.2 Å². The number of aryl methyl sites for hydroxylation is 1. The summed E-state index contributed by atoms with van der Waals surface area (Å²) in [6.45, 7) is 5.36. The summed E-state index contributed by atoms with van der Waals surface area (Å²) in [5, 5.41) is 2.99. The Balaban J connectivity index is 1.91. The highest BCUT2D eigenvalue weighted by Gasteiger charge is 2.30. The fourth-order valence-electron chi connectivity index (χ4n) is 3.83. The molecule has 0 fully saturated rings. The lowest BCUT2D eigenvalue weighted by Crippen LogP contribution is -2.50. The van der Waals surface area contributed by atoms with Crippen LogP contribution in [0.1, 0.15) is 25.0 Å². The van der Waals surface area contributed by atoms with Gasteiger partial charge >= 0.3 is 0 Å². The SMILES string of the molecule is COc1ccc(S(=O)(=O)N(CC(=O)NC(C)(C)Cc2ccccc2)c2ccc(C)cc2)cc1OC. The van der Waals surface area contributed by atoms with Crippen LogP contribution in [0.4, 0.5) is 5.69 Å². The van der Waals surface area contributed by atoms with Crippen LogP contribution in [0, 0.1) is 6.92 Å². The highest BCUT2D eigenvalue weighted by molar-refractivity contribution is 7.92. The van der Waals surface area contributed by atoms with Crippen LogP contribution >= 0.6 is 0 Å². The minimum Gasteiger partial charge on any atom is -0.493 e. The van der Waals surface area contributed by atoms with E-state index in [0.29, 0.717) is 17.9 Å². The first-order valence-corrected chi connectivity index (χ1v) is 12.7. The van der Waals surface area contributed by atoms with Gasteiger partial charge in [0.1, 0.15) is 6.54 Å². The third-order valence-corrected chi connectivity index (χ3v) is 7.29. The first kappa shape index (κ1) is 26.1. The number of carbonyl (C=O) groups is 1. The highest BCUT2D eigenvalue weighted by Crippen LogP contribution is 2.32. The van der Waals surface area contributed by atoms with Gasteiger partial charge in [-0.2, -0.15) is 0 Å². The topological polar surface area (TPSA) is 84.9 Å². The Kier molecular flexibility index (Phi) is 8.07. The number of benzene rings is 3. The summed E-state index contributed by atoms with van der Waals surface area (Å²) in [6, 6.07) is 21.2. The fourth-order valence-corrected chi connectivity index (χ4v) is 5.26. The first-order chi connectivity index (χ1) is 16.6. The monoisotopic (exact) mass is 496 g/mol. The Labute approximate surface area is 207 Å². The molecule has 1 N–H and O–H groups in total. The van der Waals surface area contributed by atoms with Crippen LogP contribution in [0.15, 0.2) is 77.7 Å². The number of amides is 1. The molecule has 186 valence electrons. The van der Waals surface area contributed by atoms with Crippen molar-refractivity contribution in [3.8, 4) is 11.5 Å². The normalized spacial score (nSPS) is 11.6. The van der Waals surface area contributed by atoms with Crippen LogP contribution in [0.5, 0.6) is 11.5 Å². The van der Waals surface area contributed by atoms with Gasteiger partial charge in [0.25, 0.3) is 10.0 Å². The average Bonchev–Trinajstić information content (AvgIpc) is 2.82. The number of hydrogen-bond acceptors (Lipinski definition) is 5. The third kappa shape index (κ3) is 6.54. The molecule has 0 spiro atoms. The lowest BCUT2D eigenvalue weighted by atomic mass is 9.95. The molecule has 0 radical (unpaired) electrons. The molecule has 0 saturated heterocycles. The molecule has 0 unspecified atom stereocenters. The zero-order chi connectivity index (χ0) is 25.6. The van der Waals surface area contributed by atoms with Gasteiger partial charge in [0.2, 0.25) is 5.91 Å². The lowest BCUT2D eigenvalue weighted by molar-refractivity contribution is -0.121. The van der Waals surface area contributed by atoms with Crippen LogP contribution in [-0.4, -0.2) is 40.6 Å². The number of sulfonamides is 1. The second kappa shape index (κ2) is 10.8. The maximum Gasteiger partial charge on any atom is 0.264 e. The molecule has 0 aromatic heterocycles. The maximum absolute atomic E-state index is 13.7. The van der Waals surface area contributed by atoms with Gasteiger partial charge in [0, 0.05) is 11.6 Å². The van der Waals surface area contributed by atoms with Crippen molar-refractivity contribution in [2.45, 2.75) is 37.6 Å². The molecule has 7 nitrogen and oxygen atoms in total. The first-order valence-electron chi connectivity index (χ1n) is 11.2. The fraction of sp³-hybridized carbons (Fsp3) is 0.296. The average molecular weight is 497 g/mol. The van der Waals surface area contributed by atoms with Gasteiger partial charge in [0.15, 0.2) is 11.5 Å². The molecule has 0 aliphatic heterocycles. The summed E-state index contributed by atoms with van der Waals surface area (Å²) < 4.78 is 39.1. The largest absolute Gasteiger partial charge is 0.493 e. The predicted octanol–water partition coefficient (Wildman–Crippen LogP) is 4.35. The molecule has 8 heteroatoms. The van der Waals surface area contributed by atoms with Gasteiger partial charge in [-0.1, -0.05) is 48.0 Å². The van der Waals surface area contributed by atoms with Gasteiger partial charge in [-0.3, -0.25) is 9.10 Å². The summed E-state index contributed by atoms with van der Waals surface area (Å²) in [5.74, 6) is 0.287. The molecule has 0 atom stereocenters. The van der Waals surface area contributed by atoms with E-state index in [1.807, 2.05) is 63.2 Å². The van der Waals surface area contributed by atoms with Crippen molar-refractivity contribution in [3.05, 3.63) is 83.9 Å². The second-order valence-corrected chi connectivity index (χ2v) is 10.8. The summed E-state index contributed by atoms with van der Waals surface area (Å²) in [4.78, 5) is 13.1. The van der Waals surface area contributed by atoms with Crippen LogP contribution in [0.25, 0.3) is 0 Å². The van der Waals surface area contributed by atoms with Crippen LogP contribution in [0.2, 0.25) is 0 Å². The minimum atomic E-state index is -4.10. The lowest BCUT2D eigenvalue weighted by Gasteiger charge is -2.29. The van der Waals surface area contributed by atoms with Crippen molar-refractivity contribution >= 4 is 21.6 Å². The van der Waals surface area contributed by atoms with Gasteiger partial charge < -0.3 is 14.8 Å². The molecular formula is C27H32N2O5S. The van der Waals surface area contributed by atoms with Gasteiger partial charge in [-0.05, 0) is 57.0 Å². The van der Waals surface area contributed by atoms with E-state index in [0.717, 1.165) is 15.4 Å². The Bertz CT molecular complexity index is 1260. The van der Waals surface area contributed by atoms with E-state index >= 15 is 0 Å². The molecule has 3 aromatic rings. The van der Waals surface area contributed by atoms with E-state index in [2.05, 4.69) is 5.32 Å². The zero-order valence-electron chi connectivity index (χ0n) is 20.7. The Morgan fingerprint density at radius 3 is 2.14 bits per heavy atom. The van der Waals surface area contributed by atoms with E-state index in [9.17, 15) is 13.2 Å². The molecule has 0 aliphatic carbocycles. The van der Waals surface area contributed by atoms with Crippen molar-refractivity contribution < 1.29 is 22.7 Å². The standard InChI is InChI=1S/C27H32N2O5S/c1-20-11-13-22(14-12-20)29(35(31,32)23-15-16-24(33-4)25(17-23)34-5)19-26(30)28-27(2,3)18-21-9-7-6-8-10-21/h6-17H,18-19H2,1-5H3,(H,28,30). The zero-order valence-corrected chi connectivity index (χ0v) is 21.6. The highest BCUT2D eigenvalue weighted by atomic mass is 32.2. The van der Waals surface area contributed by atoms with Crippen molar-refractivity contribution in [1.82, 2.24) is 5.32 Å². The van der Waals surface area contributed by atoms with Crippen molar-refractivity contribution in [1.29, 1.82) is 0 Å². The van der Waals surface area contributed by atoms with Gasteiger partial charge in [-0.25, -0.2) is 8.42 Å². The van der Waals surface area contributed by atoms with Gasteiger partial charge in [0.05, 0.1) is 24.8 Å².